The molecule has 0 aromatic carbocycles. The Hall–Kier alpha value is -0.720. The predicted octanol–water partition coefficient (Wildman–Crippen LogP) is 0.531. The van der Waals surface area contributed by atoms with Crippen LogP contribution in [0.15, 0.2) is 0 Å². The third-order valence-electron chi connectivity index (χ3n) is 2.21. The van der Waals surface area contributed by atoms with E-state index in [0.717, 1.165) is 0 Å². The molecular weight excluding hydrogens is 218 g/mol. The van der Waals surface area contributed by atoms with Gasteiger partial charge in [-0.15, -0.1) is 0 Å². The fourth-order valence-corrected chi connectivity index (χ4v) is 3.09. The van der Waals surface area contributed by atoms with E-state index in [-0.39, 0.29) is 12.2 Å². The van der Waals surface area contributed by atoms with Crippen molar-refractivity contribution >= 4 is 15.8 Å². The van der Waals surface area contributed by atoms with Gasteiger partial charge in [-0.05, 0) is 6.42 Å². The van der Waals surface area contributed by atoms with Crippen molar-refractivity contribution in [3.63, 3.8) is 0 Å². The van der Waals surface area contributed by atoms with Gasteiger partial charge in [-0.1, -0.05) is 0 Å². The molecule has 0 radical (unpaired) electrons. The Morgan fingerprint density at radius 1 is 1.50 bits per heavy atom. The van der Waals surface area contributed by atoms with Gasteiger partial charge in [0.1, 0.15) is 5.75 Å². The van der Waals surface area contributed by atoms with Gasteiger partial charge in [-0.25, -0.2) is 17.2 Å². The van der Waals surface area contributed by atoms with Crippen molar-refractivity contribution in [1.82, 2.24) is 0 Å². The van der Waals surface area contributed by atoms with Crippen LogP contribution in [0, 0.1) is 5.92 Å². The van der Waals surface area contributed by atoms with Crippen LogP contribution < -0.4 is 0 Å². The molecule has 1 rings (SSSR count). The smallest absolute Gasteiger partial charge is 0.303 e. The summed E-state index contributed by atoms with van der Waals surface area (Å²) in [6, 6.07) is 0. The number of carbonyl (C=O) groups is 1. The third kappa shape index (κ3) is 2.63. The molecule has 0 aromatic rings. The van der Waals surface area contributed by atoms with Gasteiger partial charge >= 0.3 is 5.97 Å². The summed E-state index contributed by atoms with van der Waals surface area (Å²) in [6.07, 6.45) is -0.954. The average Bonchev–Trinajstić information content (AvgIpc) is 1.92. The maximum Gasteiger partial charge on any atom is 0.303 e. The lowest BCUT2D eigenvalue weighted by molar-refractivity contribution is -0.142. The maximum atomic E-state index is 13.1. The van der Waals surface area contributed by atoms with Gasteiger partial charge in [0.2, 0.25) is 0 Å². The number of hydrogen-bond acceptors (Lipinski definition) is 3. The van der Waals surface area contributed by atoms with E-state index in [1.165, 1.54) is 0 Å². The first-order valence-electron chi connectivity index (χ1n) is 4.03. The molecule has 14 heavy (non-hydrogen) atoms. The molecule has 0 bridgehead atoms. The van der Waals surface area contributed by atoms with Gasteiger partial charge in [0, 0.05) is 5.92 Å². The van der Waals surface area contributed by atoms with E-state index >= 15 is 0 Å². The molecule has 82 valence electrons. The predicted molar refractivity (Wildman–Crippen MR) is 44.0 cm³/mol. The Bertz CT molecular complexity index is 336. The summed E-state index contributed by atoms with van der Waals surface area (Å²) in [6.45, 7) is 0. The topological polar surface area (TPSA) is 71.4 Å². The molecule has 1 unspecified atom stereocenters. The van der Waals surface area contributed by atoms with Crippen molar-refractivity contribution in [2.75, 3.05) is 11.5 Å². The van der Waals surface area contributed by atoms with Crippen molar-refractivity contribution in [2.24, 2.45) is 5.92 Å². The molecule has 1 fully saturated rings. The number of halogens is 2. The Kier molecular flexibility index (Phi) is 2.80. The standard InChI is InChI=1S/C7H10F2O4S/c8-7(9)4-14(12,13)2-1-5(7)3-6(10)11/h5H,1-4H2,(H,10,11). The molecule has 1 N–H and O–H groups in total. The van der Waals surface area contributed by atoms with Gasteiger partial charge in [0.05, 0.1) is 12.2 Å². The number of sulfone groups is 1. The summed E-state index contributed by atoms with van der Waals surface area (Å²) in [7, 11) is -3.70. The van der Waals surface area contributed by atoms with E-state index in [9.17, 15) is 22.0 Å². The molecule has 0 amide bonds. The fourth-order valence-electron chi connectivity index (χ4n) is 1.48. The summed E-state index contributed by atoms with van der Waals surface area (Å²) in [5.41, 5.74) is 0. The molecule has 1 aliphatic rings. The van der Waals surface area contributed by atoms with Crippen molar-refractivity contribution in [2.45, 2.75) is 18.8 Å². The summed E-state index contributed by atoms with van der Waals surface area (Å²) in [4.78, 5) is 10.2. The highest BCUT2D eigenvalue weighted by Crippen LogP contribution is 2.36. The second-order valence-corrected chi connectivity index (χ2v) is 5.62. The van der Waals surface area contributed by atoms with E-state index in [4.69, 9.17) is 5.11 Å². The highest BCUT2D eigenvalue weighted by atomic mass is 32.2. The minimum Gasteiger partial charge on any atom is -0.481 e. The van der Waals surface area contributed by atoms with E-state index in [2.05, 4.69) is 0 Å². The van der Waals surface area contributed by atoms with Crippen molar-refractivity contribution in [3.8, 4) is 0 Å². The zero-order valence-corrected chi connectivity index (χ0v) is 8.06. The Labute approximate surface area is 79.8 Å². The number of carboxylic acid groups (broad SMARTS) is 1. The SMILES string of the molecule is O=C(O)CC1CCS(=O)(=O)CC1(F)F. The number of hydrogen-bond donors (Lipinski definition) is 1. The van der Waals surface area contributed by atoms with E-state index in [0.29, 0.717) is 0 Å². The van der Waals surface area contributed by atoms with Crippen molar-refractivity contribution < 1.29 is 27.1 Å². The first-order chi connectivity index (χ1) is 6.23. The van der Waals surface area contributed by atoms with Crippen LogP contribution in [0.2, 0.25) is 0 Å². The lowest BCUT2D eigenvalue weighted by atomic mass is 9.95. The molecular formula is C7H10F2O4S. The van der Waals surface area contributed by atoms with Crippen LogP contribution >= 0.6 is 0 Å². The Morgan fingerprint density at radius 2 is 2.07 bits per heavy atom. The third-order valence-corrected chi connectivity index (χ3v) is 3.89. The first-order valence-corrected chi connectivity index (χ1v) is 5.85. The molecule has 7 heteroatoms. The zero-order valence-electron chi connectivity index (χ0n) is 7.24. The van der Waals surface area contributed by atoms with E-state index < -0.39 is 39.8 Å². The molecule has 1 atom stereocenters. The lowest BCUT2D eigenvalue weighted by Gasteiger charge is -2.29. The highest BCUT2D eigenvalue weighted by Gasteiger charge is 2.48. The van der Waals surface area contributed by atoms with Gasteiger partial charge in [-0.2, -0.15) is 0 Å². The Morgan fingerprint density at radius 3 is 2.50 bits per heavy atom. The number of alkyl halides is 2. The fraction of sp³-hybridized carbons (Fsp3) is 0.857. The summed E-state index contributed by atoms with van der Waals surface area (Å²) >= 11 is 0. The van der Waals surface area contributed by atoms with Crippen LogP contribution in [0.1, 0.15) is 12.8 Å². The summed E-state index contributed by atoms with van der Waals surface area (Å²) < 4.78 is 47.9. The van der Waals surface area contributed by atoms with Crippen LogP contribution in [-0.2, 0) is 14.6 Å². The summed E-state index contributed by atoms with van der Waals surface area (Å²) in [5, 5.41) is 8.35. The van der Waals surface area contributed by atoms with Crippen LogP contribution in [-0.4, -0.2) is 36.9 Å². The highest BCUT2D eigenvalue weighted by molar-refractivity contribution is 7.91. The average molecular weight is 228 g/mol. The monoisotopic (exact) mass is 228 g/mol. The second kappa shape index (κ2) is 3.45. The number of carboxylic acids is 1. The maximum absolute atomic E-state index is 13.1. The zero-order chi connectivity index (χ0) is 11.0. The van der Waals surface area contributed by atoms with Crippen LogP contribution in [0.5, 0.6) is 0 Å². The van der Waals surface area contributed by atoms with E-state index in [1.54, 1.807) is 0 Å². The van der Waals surface area contributed by atoms with Crippen LogP contribution in [0.3, 0.4) is 0 Å². The number of rotatable bonds is 2. The first kappa shape index (κ1) is 11.4. The van der Waals surface area contributed by atoms with Gasteiger partial charge in [-0.3, -0.25) is 4.79 Å². The molecule has 4 nitrogen and oxygen atoms in total. The van der Waals surface area contributed by atoms with Gasteiger partial charge in [0.25, 0.3) is 5.92 Å². The molecule has 1 heterocycles. The minimum atomic E-state index is -3.70. The van der Waals surface area contributed by atoms with Crippen molar-refractivity contribution in [1.29, 1.82) is 0 Å². The molecule has 0 saturated carbocycles. The van der Waals surface area contributed by atoms with Gasteiger partial charge in [0.15, 0.2) is 9.84 Å². The van der Waals surface area contributed by atoms with Crippen molar-refractivity contribution in [3.05, 3.63) is 0 Å². The lowest BCUT2D eigenvalue weighted by Crippen LogP contribution is -2.43. The largest absolute Gasteiger partial charge is 0.481 e. The Balaban J connectivity index is 2.78. The quantitative estimate of drug-likeness (QED) is 0.748. The minimum absolute atomic E-state index is 0.276. The molecule has 0 aromatic heterocycles. The molecule has 1 saturated heterocycles. The molecule has 0 aliphatic carbocycles. The van der Waals surface area contributed by atoms with Gasteiger partial charge < -0.3 is 5.11 Å². The van der Waals surface area contributed by atoms with Crippen LogP contribution in [0.4, 0.5) is 8.78 Å². The second-order valence-electron chi connectivity index (χ2n) is 3.44. The summed E-state index contributed by atoms with van der Waals surface area (Å²) in [5.74, 6) is -7.66. The van der Waals surface area contributed by atoms with Crippen LogP contribution in [0.25, 0.3) is 0 Å². The van der Waals surface area contributed by atoms with E-state index in [1.807, 2.05) is 0 Å². The normalized spacial score (nSPS) is 29.7. The molecule has 1 aliphatic heterocycles. The molecule has 0 spiro atoms. The number of aliphatic carboxylic acids is 1.